The molecular formula is C17H36N4O. The summed E-state index contributed by atoms with van der Waals surface area (Å²) in [5, 5.41) is 10.1. The number of hydrogen-bond donors (Lipinski definition) is 3. The first kappa shape index (κ1) is 19.2. The average molecular weight is 313 g/mol. The molecule has 22 heavy (non-hydrogen) atoms. The summed E-state index contributed by atoms with van der Waals surface area (Å²) >= 11 is 0. The van der Waals surface area contributed by atoms with E-state index in [0.717, 1.165) is 39.3 Å². The predicted octanol–water partition coefficient (Wildman–Crippen LogP) is 2.19. The first-order chi connectivity index (χ1) is 10.5. The molecule has 1 atom stereocenters. The van der Waals surface area contributed by atoms with E-state index in [2.05, 4.69) is 43.6 Å². The molecule has 1 unspecified atom stereocenters. The lowest BCUT2D eigenvalue weighted by molar-refractivity contribution is 0.174. The second kappa shape index (κ2) is 10.1. The molecule has 0 aromatic heterocycles. The third kappa shape index (κ3) is 6.97. The SMILES string of the molecule is CCCCNCC(C)(CNCCCC)CN1CC(C)NC1=O. The Labute approximate surface area is 136 Å². The molecule has 3 N–H and O–H groups in total. The topological polar surface area (TPSA) is 56.4 Å². The molecule has 0 radical (unpaired) electrons. The summed E-state index contributed by atoms with van der Waals surface area (Å²) in [5.74, 6) is 0. The van der Waals surface area contributed by atoms with Gasteiger partial charge in [-0.1, -0.05) is 33.6 Å². The quantitative estimate of drug-likeness (QED) is 0.484. The Kier molecular flexibility index (Phi) is 8.79. The summed E-state index contributed by atoms with van der Waals surface area (Å²) in [7, 11) is 0. The summed E-state index contributed by atoms with van der Waals surface area (Å²) in [6.07, 6.45) is 4.84. The zero-order valence-electron chi connectivity index (χ0n) is 15.0. The van der Waals surface area contributed by atoms with Gasteiger partial charge in [-0.15, -0.1) is 0 Å². The van der Waals surface area contributed by atoms with E-state index in [-0.39, 0.29) is 17.5 Å². The maximum atomic E-state index is 12.0. The van der Waals surface area contributed by atoms with Crippen molar-refractivity contribution in [3.8, 4) is 0 Å². The van der Waals surface area contributed by atoms with Gasteiger partial charge < -0.3 is 20.9 Å². The monoisotopic (exact) mass is 312 g/mol. The largest absolute Gasteiger partial charge is 0.334 e. The molecule has 2 amide bonds. The Balaban J connectivity index is 2.49. The Morgan fingerprint density at radius 3 is 2.14 bits per heavy atom. The number of unbranched alkanes of at least 4 members (excludes halogenated alkanes) is 2. The van der Waals surface area contributed by atoms with Crippen LogP contribution < -0.4 is 16.0 Å². The van der Waals surface area contributed by atoms with Gasteiger partial charge in [0.25, 0.3) is 0 Å². The second-order valence-electron chi connectivity index (χ2n) is 7.10. The highest BCUT2D eigenvalue weighted by atomic mass is 16.2. The van der Waals surface area contributed by atoms with Crippen molar-refractivity contribution < 1.29 is 4.79 Å². The van der Waals surface area contributed by atoms with Crippen LogP contribution in [-0.4, -0.2) is 56.2 Å². The molecule has 5 nitrogen and oxygen atoms in total. The van der Waals surface area contributed by atoms with Crippen LogP contribution in [0.5, 0.6) is 0 Å². The van der Waals surface area contributed by atoms with Crippen molar-refractivity contribution in [2.45, 2.75) is 59.4 Å². The highest BCUT2D eigenvalue weighted by molar-refractivity contribution is 5.76. The van der Waals surface area contributed by atoms with Crippen LogP contribution in [-0.2, 0) is 0 Å². The summed E-state index contributed by atoms with van der Waals surface area (Å²) in [5.41, 5.74) is 0.0723. The molecule has 1 aliphatic heterocycles. The molecule has 0 bridgehead atoms. The van der Waals surface area contributed by atoms with E-state index in [0.29, 0.717) is 0 Å². The van der Waals surface area contributed by atoms with Gasteiger partial charge in [-0.3, -0.25) is 0 Å². The van der Waals surface area contributed by atoms with Crippen LogP contribution in [0.3, 0.4) is 0 Å². The highest BCUT2D eigenvalue weighted by Gasteiger charge is 2.33. The molecule has 1 aliphatic rings. The van der Waals surface area contributed by atoms with E-state index < -0.39 is 0 Å². The van der Waals surface area contributed by atoms with Crippen LogP contribution in [0.2, 0.25) is 0 Å². The fraction of sp³-hybridized carbons (Fsp3) is 0.941. The first-order valence-corrected chi connectivity index (χ1v) is 8.97. The van der Waals surface area contributed by atoms with Crippen LogP contribution in [0, 0.1) is 5.41 Å². The van der Waals surface area contributed by atoms with Gasteiger partial charge in [0.05, 0.1) is 0 Å². The Bertz CT molecular complexity index is 310. The fourth-order valence-electron chi connectivity index (χ4n) is 2.92. The minimum atomic E-state index is 0.0723. The first-order valence-electron chi connectivity index (χ1n) is 8.97. The van der Waals surface area contributed by atoms with E-state index >= 15 is 0 Å². The molecule has 5 heteroatoms. The van der Waals surface area contributed by atoms with E-state index in [9.17, 15) is 4.79 Å². The average Bonchev–Trinajstić information content (AvgIpc) is 2.78. The van der Waals surface area contributed by atoms with E-state index in [1.165, 1.54) is 25.7 Å². The van der Waals surface area contributed by atoms with Gasteiger partial charge in [-0.25, -0.2) is 4.79 Å². The predicted molar refractivity (Wildman–Crippen MR) is 93.2 cm³/mol. The molecule has 130 valence electrons. The Morgan fingerprint density at radius 1 is 1.18 bits per heavy atom. The fourth-order valence-corrected chi connectivity index (χ4v) is 2.92. The van der Waals surface area contributed by atoms with Crippen LogP contribution in [0.25, 0.3) is 0 Å². The summed E-state index contributed by atoms with van der Waals surface area (Å²) in [4.78, 5) is 14.0. The van der Waals surface area contributed by atoms with Gasteiger partial charge in [-0.2, -0.15) is 0 Å². The molecule has 0 saturated carbocycles. The number of amides is 2. The second-order valence-corrected chi connectivity index (χ2v) is 7.10. The maximum Gasteiger partial charge on any atom is 0.317 e. The maximum absolute atomic E-state index is 12.0. The van der Waals surface area contributed by atoms with Gasteiger partial charge in [0.1, 0.15) is 0 Å². The normalized spacial score (nSPS) is 18.8. The number of nitrogens with one attached hydrogen (secondary N) is 3. The van der Waals surface area contributed by atoms with Crippen LogP contribution in [0.4, 0.5) is 4.79 Å². The van der Waals surface area contributed by atoms with Crippen molar-refractivity contribution in [1.29, 1.82) is 0 Å². The minimum absolute atomic E-state index is 0.0723. The van der Waals surface area contributed by atoms with Crippen LogP contribution >= 0.6 is 0 Å². The van der Waals surface area contributed by atoms with Gasteiger partial charge in [-0.05, 0) is 32.9 Å². The lowest BCUT2D eigenvalue weighted by Gasteiger charge is -2.34. The summed E-state index contributed by atoms with van der Waals surface area (Å²) in [6, 6.07) is 0.346. The standard InChI is InChI=1S/C17H36N4O/c1-5-7-9-18-12-17(4,13-19-10-8-6-2)14-21-11-15(3)20-16(21)22/h15,18-19H,5-14H2,1-4H3,(H,20,22). The number of rotatable bonds is 12. The van der Waals surface area contributed by atoms with Crippen molar-refractivity contribution >= 4 is 6.03 Å². The van der Waals surface area contributed by atoms with Gasteiger partial charge in [0, 0.05) is 37.6 Å². The number of nitrogens with zero attached hydrogens (tertiary/aromatic N) is 1. The zero-order chi connectivity index (χ0) is 16.4. The van der Waals surface area contributed by atoms with E-state index in [4.69, 9.17) is 0 Å². The van der Waals surface area contributed by atoms with Crippen molar-refractivity contribution in [1.82, 2.24) is 20.9 Å². The minimum Gasteiger partial charge on any atom is -0.334 e. The molecule has 1 fully saturated rings. The summed E-state index contributed by atoms with van der Waals surface area (Å²) in [6.45, 7) is 14.4. The Hall–Kier alpha value is -0.810. The van der Waals surface area contributed by atoms with Crippen molar-refractivity contribution in [2.75, 3.05) is 39.3 Å². The lowest BCUT2D eigenvalue weighted by Crippen LogP contribution is -2.49. The lowest BCUT2D eigenvalue weighted by atomic mass is 9.89. The van der Waals surface area contributed by atoms with Gasteiger partial charge in [0.15, 0.2) is 0 Å². The third-order valence-corrected chi connectivity index (χ3v) is 4.24. The smallest absolute Gasteiger partial charge is 0.317 e. The van der Waals surface area contributed by atoms with Crippen LogP contribution in [0.15, 0.2) is 0 Å². The molecule has 0 aliphatic carbocycles. The molecule has 0 aromatic carbocycles. The third-order valence-electron chi connectivity index (χ3n) is 4.24. The molecular weight excluding hydrogens is 276 g/mol. The van der Waals surface area contributed by atoms with Crippen molar-refractivity contribution in [3.63, 3.8) is 0 Å². The number of urea groups is 1. The van der Waals surface area contributed by atoms with E-state index in [1.54, 1.807) is 0 Å². The van der Waals surface area contributed by atoms with Gasteiger partial charge in [0.2, 0.25) is 0 Å². The molecule has 0 spiro atoms. The summed E-state index contributed by atoms with van der Waals surface area (Å²) < 4.78 is 0. The number of carbonyl (C=O) groups is 1. The molecule has 0 aromatic rings. The van der Waals surface area contributed by atoms with Crippen LogP contribution in [0.1, 0.15) is 53.4 Å². The van der Waals surface area contributed by atoms with E-state index in [1.807, 2.05) is 4.90 Å². The van der Waals surface area contributed by atoms with Crippen molar-refractivity contribution in [3.05, 3.63) is 0 Å². The molecule has 1 rings (SSSR count). The zero-order valence-corrected chi connectivity index (χ0v) is 15.0. The molecule has 1 saturated heterocycles. The van der Waals surface area contributed by atoms with Crippen molar-refractivity contribution in [2.24, 2.45) is 5.41 Å². The number of hydrogen-bond acceptors (Lipinski definition) is 3. The molecule has 1 heterocycles. The Morgan fingerprint density at radius 2 is 1.73 bits per heavy atom. The van der Waals surface area contributed by atoms with Gasteiger partial charge >= 0.3 is 6.03 Å². The number of carbonyl (C=O) groups excluding carboxylic acids is 1. The highest BCUT2D eigenvalue weighted by Crippen LogP contribution is 2.19.